The van der Waals surface area contributed by atoms with Gasteiger partial charge >= 0.3 is 7.12 Å². The van der Waals surface area contributed by atoms with Gasteiger partial charge in [-0.3, -0.25) is 4.79 Å². The number of benzene rings is 1. The van der Waals surface area contributed by atoms with Gasteiger partial charge in [0.05, 0.1) is 24.4 Å². The average Bonchev–Trinajstić information content (AvgIpc) is 2.75. The molecule has 0 amide bonds. The highest BCUT2D eigenvalue weighted by Gasteiger charge is 2.52. The van der Waals surface area contributed by atoms with Crippen LogP contribution < -0.4 is 10.4 Å². The number of hydrogen-bond donors (Lipinski definition) is 0. The van der Waals surface area contributed by atoms with Crippen LogP contribution in [0.4, 0.5) is 5.69 Å². The second kappa shape index (κ2) is 6.17. The normalized spacial score (nSPS) is 22.7. The lowest BCUT2D eigenvalue weighted by atomic mass is 9.76. The Balaban J connectivity index is 2.00. The minimum Gasteiger partial charge on any atom is -0.399 e. The van der Waals surface area contributed by atoms with Crippen molar-refractivity contribution in [3.05, 3.63) is 23.8 Å². The first kappa shape index (κ1) is 17.5. The van der Waals surface area contributed by atoms with Crippen LogP contribution in [0.1, 0.15) is 45.0 Å². The van der Waals surface area contributed by atoms with Crippen LogP contribution in [-0.2, 0) is 14.0 Å². The molecule has 0 aromatic heterocycles. The molecule has 1 aromatic rings. The van der Waals surface area contributed by atoms with Crippen molar-refractivity contribution in [2.45, 2.75) is 45.8 Å². The Morgan fingerprint density at radius 2 is 1.67 bits per heavy atom. The zero-order valence-corrected chi connectivity index (χ0v) is 15.2. The maximum absolute atomic E-state index is 11.8. The number of ether oxygens (including phenoxy) is 1. The summed E-state index contributed by atoms with van der Waals surface area (Å²) in [5.74, 6) is 0.0429. The minimum atomic E-state index is -0.479. The van der Waals surface area contributed by atoms with Gasteiger partial charge in [-0.15, -0.1) is 0 Å². The molecule has 2 aliphatic heterocycles. The second-order valence-electron chi connectivity index (χ2n) is 7.52. The van der Waals surface area contributed by atoms with Crippen molar-refractivity contribution in [1.82, 2.24) is 0 Å². The molecule has 3 rings (SSSR count). The van der Waals surface area contributed by atoms with Gasteiger partial charge in [0.25, 0.3) is 0 Å². The summed E-state index contributed by atoms with van der Waals surface area (Å²) >= 11 is 0. The van der Waals surface area contributed by atoms with Crippen LogP contribution in [0.25, 0.3) is 0 Å². The number of nitrogens with zero attached hydrogens (tertiary/aromatic N) is 1. The molecule has 24 heavy (non-hydrogen) atoms. The quantitative estimate of drug-likeness (QED) is 0.626. The van der Waals surface area contributed by atoms with E-state index in [2.05, 4.69) is 4.90 Å². The van der Waals surface area contributed by atoms with Crippen molar-refractivity contribution in [2.75, 3.05) is 31.2 Å². The topological polar surface area (TPSA) is 48.0 Å². The summed E-state index contributed by atoms with van der Waals surface area (Å²) < 4.78 is 17.9. The lowest BCUT2D eigenvalue weighted by Gasteiger charge is -2.32. The fraction of sp³-hybridized carbons (Fsp3) is 0.611. The standard InChI is InChI=1S/C18H26BNO4/c1-13(21)14-6-7-16(20-8-10-22-11-9-20)15(12-14)19-23-17(2,3)18(4,5)24-19/h6-7,12H,8-11H2,1-5H3. The summed E-state index contributed by atoms with van der Waals surface area (Å²) in [5, 5.41) is 0. The molecule has 2 aliphatic rings. The molecule has 6 heteroatoms. The number of rotatable bonds is 3. The van der Waals surface area contributed by atoms with E-state index in [0.717, 1.165) is 24.2 Å². The number of ketones is 1. The summed E-state index contributed by atoms with van der Waals surface area (Å²) in [5.41, 5.74) is 1.83. The number of hydrogen-bond acceptors (Lipinski definition) is 5. The number of carbonyl (C=O) groups is 1. The van der Waals surface area contributed by atoms with E-state index in [9.17, 15) is 4.79 Å². The van der Waals surface area contributed by atoms with Gasteiger partial charge in [0, 0.05) is 29.8 Å². The monoisotopic (exact) mass is 331 g/mol. The first-order chi connectivity index (χ1) is 11.2. The number of Topliss-reactive ketones (excluding diaryl/α,β-unsaturated/α-hetero) is 1. The SMILES string of the molecule is CC(=O)c1ccc(N2CCOCC2)c(B2OC(C)(C)C(C)(C)O2)c1. The molecule has 2 heterocycles. The van der Waals surface area contributed by atoms with Crippen LogP contribution in [0.3, 0.4) is 0 Å². The lowest BCUT2D eigenvalue weighted by Crippen LogP contribution is -2.44. The molecule has 0 bridgehead atoms. The molecular weight excluding hydrogens is 305 g/mol. The molecule has 5 nitrogen and oxygen atoms in total. The third kappa shape index (κ3) is 3.10. The summed E-state index contributed by atoms with van der Waals surface area (Å²) in [6.07, 6.45) is 0. The van der Waals surface area contributed by atoms with Gasteiger partial charge in [0.1, 0.15) is 0 Å². The van der Waals surface area contributed by atoms with E-state index >= 15 is 0 Å². The highest BCUT2D eigenvalue weighted by molar-refractivity contribution is 6.64. The summed E-state index contributed by atoms with van der Waals surface area (Å²) in [6.45, 7) is 12.8. The Morgan fingerprint density at radius 3 is 2.21 bits per heavy atom. The average molecular weight is 331 g/mol. The van der Waals surface area contributed by atoms with Gasteiger partial charge in [-0.1, -0.05) is 0 Å². The molecule has 0 N–H and O–H groups in total. The van der Waals surface area contributed by atoms with E-state index < -0.39 is 18.3 Å². The van der Waals surface area contributed by atoms with Crippen LogP contribution >= 0.6 is 0 Å². The van der Waals surface area contributed by atoms with Crippen molar-refractivity contribution < 1.29 is 18.8 Å². The molecule has 0 atom stereocenters. The Labute approximate surface area is 144 Å². The third-order valence-corrected chi connectivity index (χ3v) is 5.29. The molecule has 0 saturated carbocycles. The summed E-state index contributed by atoms with van der Waals surface area (Å²) in [6, 6.07) is 5.79. The predicted molar refractivity (Wildman–Crippen MR) is 95.2 cm³/mol. The van der Waals surface area contributed by atoms with E-state index in [4.69, 9.17) is 14.0 Å². The van der Waals surface area contributed by atoms with Gasteiger partial charge in [-0.2, -0.15) is 0 Å². The fourth-order valence-electron chi connectivity index (χ4n) is 3.02. The third-order valence-electron chi connectivity index (χ3n) is 5.29. The van der Waals surface area contributed by atoms with E-state index in [1.807, 2.05) is 45.9 Å². The number of morpholine rings is 1. The smallest absolute Gasteiger partial charge is 0.399 e. The molecule has 2 fully saturated rings. The Kier molecular flexibility index (Phi) is 4.49. The van der Waals surface area contributed by atoms with Gasteiger partial charge in [-0.05, 0) is 52.8 Å². The Bertz CT molecular complexity index is 622. The zero-order chi connectivity index (χ0) is 17.5. The van der Waals surface area contributed by atoms with Crippen molar-refractivity contribution in [3.8, 4) is 0 Å². The van der Waals surface area contributed by atoms with Crippen molar-refractivity contribution in [3.63, 3.8) is 0 Å². The van der Waals surface area contributed by atoms with Crippen LogP contribution in [0, 0.1) is 0 Å². The molecule has 2 saturated heterocycles. The first-order valence-corrected chi connectivity index (χ1v) is 8.54. The predicted octanol–water partition coefficient (Wildman–Crippen LogP) is 2.02. The molecule has 0 aliphatic carbocycles. The fourth-order valence-corrected chi connectivity index (χ4v) is 3.02. The Hall–Kier alpha value is -1.37. The highest BCUT2D eigenvalue weighted by atomic mass is 16.7. The lowest BCUT2D eigenvalue weighted by molar-refractivity contribution is 0.00578. The zero-order valence-electron chi connectivity index (χ0n) is 15.2. The molecule has 0 spiro atoms. The maximum Gasteiger partial charge on any atom is 0.496 e. The van der Waals surface area contributed by atoms with Crippen LogP contribution in [0.2, 0.25) is 0 Å². The van der Waals surface area contributed by atoms with E-state index in [1.165, 1.54) is 0 Å². The molecule has 1 aromatic carbocycles. The molecule has 130 valence electrons. The molecule has 0 radical (unpaired) electrons. The number of carbonyl (C=O) groups excluding carboxylic acids is 1. The van der Waals surface area contributed by atoms with E-state index in [0.29, 0.717) is 18.8 Å². The van der Waals surface area contributed by atoms with Crippen LogP contribution in [-0.4, -0.2) is 50.4 Å². The van der Waals surface area contributed by atoms with Gasteiger partial charge in [0.15, 0.2) is 5.78 Å². The largest absolute Gasteiger partial charge is 0.496 e. The second-order valence-corrected chi connectivity index (χ2v) is 7.52. The van der Waals surface area contributed by atoms with Gasteiger partial charge < -0.3 is 18.9 Å². The minimum absolute atomic E-state index is 0.0429. The van der Waals surface area contributed by atoms with Crippen LogP contribution in [0.5, 0.6) is 0 Å². The molecule has 0 unspecified atom stereocenters. The van der Waals surface area contributed by atoms with Crippen molar-refractivity contribution >= 4 is 24.1 Å². The highest BCUT2D eigenvalue weighted by Crippen LogP contribution is 2.37. The van der Waals surface area contributed by atoms with Crippen molar-refractivity contribution in [1.29, 1.82) is 0 Å². The maximum atomic E-state index is 11.8. The van der Waals surface area contributed by atoms with E-state index in [1.54, 1.807) is 6.92 Å². The van der Waals surface area contributed by atoms with Gasteiger partial charge in [-0.25, -0.2) is 0 Å². The Morgan fingerprint density at radius 1 is 1.08 bits per heavy atom. The van der Waals surface area contributed by atoms with Gasteiger partial charge in [0.2, 0.25) is 0 Å². The summed E-state index contributed by atoms with van der Waals surface area (Å²) in [7, 11) is -0.479. The van der Waals surface area contributed by atoms with E-state index in [-0.39, 0.29) is 5.78 Å². The molecular formula is C18H26BNO4. The van der Waals surface area contributed by atoms with Crippen molar-refractivity contribution in [2.24, 2.45) is 0 Å². The van der Waals surface area contributed by atoms with Crippen LogP contribution in [0.15, 0.2) is 18.2 Å². The first-order valence-electron chi connectivity index (χ1n) is 8.54. The number of anilines is 1. The summed E-state index contributed by atoms with van der Waals surface area (Å²) in [4.78, 5) is 14.1.